The number of aliphatic imine (C=N–C) groups is 1. The molecule has 3 heterocycles. The van der Waals surface area contributed by atoms with Crippen LogP contribution in [0.15, 0.2) is 17.6 Å². The molecule has 59 heavy (non-hydrogen) atoms. The van der Waals surface area contributed by atoms with Gasteiger partial charge >= 0.3 is 0 Å². The number of unbranched alkanes of at least 4 members (excludes halogenated alkanes) is 1. The largest absolute Gasteiger partial charge is 0.354 e. The van der Waals surface area contributed by atoms with Gasteiger partial charge in [0, 0.05) is 42.7 Å². The van der Waals surface area contributed by atoms with Gasteiger partial charge in [-0.3, -0.25) is 15.2 Å². The summed E-state index contributed by atoms with van der Waals surface area (Å²) in [7, 11) is 0. The van der Waals surface area contributed by atoms with Crippen LogP contribution in [-0.4, -0.2) is 58.1 Å². The van der Waals surface area contributed by atoms with Gasteiger partial charge in [0.2, 0.25) is 0 Å². The van der Waals surface area contributed by atoms with E-state index in [2.05, 4.69) is 41.6 Å². The summed E-state index contributed by atoms with van der Waals surface area (Å²) >= 11 is 0. The Morgan fingerprint density at radius 2 is 1.24 bits per heavy atom. The van der Waals surface area contributed by atoms with Crippen molar-refractivity contribution in [2.45, 2.75) is 255 Å². The Morgan fingerprint density at radius 3 is 2.02 bits per heavy atom. The third kappa shape index (κ3) is 7.40. The quantitative estimate of drug-likeness (QED) is 0.196. The fraction of sp³-hybridized carbons (Fsp3) is 0.945. The maximum absolute atomic E-state index is 5.82. The molecule has 0 bridgehead atoms. The van der Waals surface area contributed by atoms with Crippen LogP contribution in [-0.2, 0) is 0 Å². The van der Waals surface area contributed by atoms with Gasteiger partial charge in [-0.1, -0.05) is 84.1 Å². The molecule has 0 aromatic heterocycles. The minimum Gasteiger partial charge on any atom is -0.354 e. The van der Waals surface area contributed by atoms with Crippen LogP contribution >= 0.6 is 0 Å². The first-order chi connectivity index (χ1) is 29.0. The predicted molar refractivity (Wildman–Crippen MR) is 246 cm³/mol. The van der Waals surface area contributed by atoms with Gasteiger partial charge in [-0.15, -0.1) is 6.58 Å². The van der Waals surface area contributed by atoms with E-state index in [-0.39, 0.29) is 0 Å². The molecule has 3 aliphatic heterocycles. The smallest absolute Gasteiger partial charge is 0.104 e. The Bertz CT molecular complexity index is 1470. The molecular formula is C55H90N4. The Balaban J connectivity index is 0.786. The second kappa shape index (κ2) is 17.3. The van der Waals surface area contributed by atoms with Crippen molar-refractivity contribution in [1.29, 1.82) is 0 Å². The third-order valence-electron chi connectivity index (χ3n) is 22.0. The Kier molecular flexibility index (Phi) is 12.0. The highest BCUT2D eigenvalue weighted by Gasteiger charge is 2.60. The zero-order valence-electron chi connectivity index (χ0n) is 38.4. The maximum atomic E-state index is 5.82. The number of allylic oxidation sites excluding steroid dienone is 1. The van der Waals surface area contributed by atoms with Crippen LogP contribution in [0.2, 0.25) is 0 Å². The maximum Gasteiger partial charge on any atom is 0.104 e. The topological polar surface area (TPSA) is 30.9 Å². The first kappa shape index (κ1) is 40.9. The van der Waals surface area contributed by atoms with Gasteiger partial charge in [-0.25, -0.2) is 0 Å². The predicted octanol–water partition coefficient (Wildman–Crippen LogP) is 13.3. The molecule has 0 aromatic carbocycles. The van der Waals surface area contributed by atoms with Crippen molar-refractivity contribution in [1.82, 2.24) is 15.1 Å². The van der Waals surface area contributed by atoms with Gasteiger partial charge < -0.3 is 4.90 Å². The van der Waals surface area contributed by atoms with E-state index in [1.165, 1.54) is 154 Å². The van der Waals surface area contributed by atoms with E-state index in [1.807, 2.05) is 0 Å². The average molecular weight is 807 g/mol. The summed E-state index contributed by atoms with van der Waals surface area (Å²) in [5, 5.41) is 4.27. The highest BCUT2D eigenvalue weighted by Crippen LogP contribution is 2.65. The number of hydrogen-bond donors (Lipinski definition) is 1. The van der Waals surface area contributed by atoms with E-state index in [1.54, 1.807) is 50.8 Å². The lowest BCUT2D eigenvalue weighted by atomic mass is 9.59. The number of hydrogen-bond acceptors (Lipinski definition) is 4. The van der Waals surface area contributed by atoms with Gasteiger partial charge in [0.25, 0.3) is 0 Å². The van der Waals surface area contributed by atoms with E-state index in [0.29, 0.717) is 17.6 Å². The number of nitrogens with one attached hydrogen (secondary N) is 1. The molecule has 8 saturated carbocycles. The van der Waals surface area contributed by atoms with Crippen LogP contribution in [0.5, 0.6) is 0 Å². The van der Waals surface area contributed by atoms with Crippen LogP contribution < -0.4 is 5.32 Å². The summed E-state index contributed by atoms with van der Waals surface area (Å²) in [5.74, 6) is 12.3. The first-order valence-electron chi connectivity index (χ1n) is 27.5. The molecule has 2 saturated heterocycles. The van der Waals surface area contributed by atoms with E-state index >= 15 is 0 Å². The second-order valence-electron chi connectivity index (χ2n) is 24.6. The molecule has 11 rings (SSSR count). The van der Waals surface area contributed by atoms with Crippen molar-refractivity contribution in [3.05, 3.63) is 12.7 Å². The summed E-state index contributed by atoms with van der Waals surface area (Å²) < 4.78 is 0. The summed E-state index contributed by atoms with van der Waals surface area (Å²) in [6.07, 6.45) is 48.0. The van der Waals surface area contributed by atoms with Crippen molar-refractivity contribution >= 4 is 5.84 Å². The van der Waals surface area contributed by atoms with Gasteiger partial charge in [-0.05, 0) is 199 Å². The lowest BCUT2D eigenvalue weighted by molar-refractivity contribution is -0.0635. The lowest BCUT2D eigenvalue weighted by Crippen LogP contribution is -2.69. The fourth-order valence-electron chi connectivity index (χ4n) is 19.4. The van der Waals surface area contributed by atoms with E-state index in [4.69, 9.17) is 4.99 Å². The van der Waals surface area contributed by atoms with E-state index < -0.39 is 0 Å². The molecule has 0 aromatic rings. The summed E-state index contributed by atoms with van der Waals surface area (Å²) in [4.78, 5) is 12.2. The van der Waals surface area contributed by atoms with Crippen LogP contribution in [0.3, 0.4) is 0 Å². The minimum atomic E-state index is 0.379. The molecule has 16 atom stereocenters. The van der Waals surface area contributed by atoms with Gasteiger partial charge in [-0.2, -0.15) is 0 Å². The average Bonchev–Trinajstić information content (AvgIpc) is 3.73. The van der Waals surface area contributed by atoms with Crippen LogP contribution in [0.4, 0.5) is 0 Å². The molecule has 15 unspecified atom stereocenters. The zero-order valence-corrected chi connectivity index (χ0v) is 38.4. The van der Waals surface area contributed by atoms with Crippen molar-refractivity contribution < 1.29 is 0 Å². The Morgan fingerprint density at radius 1 is 0.593 bits per heavy atom. The van der Waals surface area contributed by atoms with Gasteiger partial charge in [0.1, 0.15) is 12.0 Å². The zero-order chi connectivity index (χ0) is 39.7. The molecule has 1 N–H and O–H groups in total. The molecule has 8 aliphatic carbocycles. The van der Waals surface area contributed by atoms with Crippen LogP contribution in [0, 0.1) is 70.5 Å². The molecule has 330 valence electrons. The number of amidine groups is 1. The van der Waals surface area contributed by atoms with Crippen molar-refractivity contribution in [2.75, 3.05) is 0 Å². The molecule has 11 aliphatic rings. The highest BCUT2D eigenvalue weighted by atomic mass is 15.3. The molecule has 0 radical (unpaired) electrons. The summed E-state index contributed by atoms with van der Waals surface area (Å²) in [6.45, 7) is 9.65. The number of likely N-dealkylation sites (tertiary alicyclic amines) is 2. The van der Waals surface area contributed by atoms with Crippen LogP contribution in [0.25, 0.3) is 0 Å². The highest BCUT2D eigenvalue weighted by molar-refractivity contribution is 5.85. The fourth-order valence-corrected chi connectivity index (χ4v) is 19.4. The molecular weight excluding hydrogens is 717 g/mol. The number of rotatable bonds is 8. The first-order valence-corrected chi connectivity index (χ1v) is 27.5. The van der Waals surface area contributed by atoms with Crippen LogP contribution in [0.1, 0.15) is 213 Å². The van der Waals surface area contributed by atoms with E-state index in [0.717, 1.165) is 95.3 Å². The molecule has 4 heteroatoms. The minimum absolute atomic E-state index is 0.379. The summed E-state index contributed by atoms with van der Waals surface area (Å²) in [5.41, 5.74) is 0.575. The molecule has 4 nitrogen and oxygen atoms in total. The SMILES string of the molecule is C=CCCCC1C2CC(C3CCC4C(C3)C3CCCC[C@H]3N4C3CCC4C5CCCCC5C(C)(C)C4C3)CCC2N1C1=NC(C2CCCCC2)NC(C2CCCCC2)C1. The number of fused-ring (bicyclic) bond motifs is 7. The number of nitrogens with zero attached hydrogens (tertiary/aromatic N) is 3. The van der Waals surface area contributed by atoms with Crippen molar-refractivity contribution in [3.8, 4) is 0 Å². The second-order valence-corrected chi connectivity index (χ2v) is 24.6. The monoisotopic (exact) mass is 807 g/mol. The van der Waals surface area contributed by atoms with Crippen molar-refractivity contribution in [3.63, 3.8) is 0 Å². The van der Waals surface area contributed by atoms with Crippen molar-refractivity contribution in [2.24, 2.45) is 75.5 Å². The Labute approximate surface area is 363 Å². The lowest BCUT2D eigenvalue weighted by Gasteiger charge is -2.62. The van der Waals surface area contributed by atoms with E-state index in [9.17, 15) is 0 Å². The molecule has 0 spiro atoms. The normalized spacial score (nSPS) is 47.8. The molecule has 0 amide bonds. The van der Waals surface area contributed by atoms with Gasteiger partial charge in [0.15, 0.2) is 0 Å². The standard InChI is InChI=1S/C55H90N4/c1-4-5-8-24-50-45-33-39(27-31-52(45)59(50)53-35-48(36-17-9-6-10-18-36)56-54(57-53)37-19-11-7-12-20-37)38-26-30-51-44(32-38)43-22-14-16-25-49(43)58(51)40-28-29-42-41-21-13-15-23-46(41)55(2,3)47(42)34-40/h4,36-52,54,56H,1,5-35H2,2-3H3/t38?,39?,40?,41?,42?,43?,44?,45?,46?,47?,48?,49-,50?,51?,52?,54?/m1/s1. The summed E-state index contributed by atoms with van der Waals surface area (Å²) in [6, 6.07) is 4.91. The molecule has 10 fully saturated rings. The third-order valence-corrected chi connectivity index (χ3v) is 22.0. The van der Waals surface area contributed by atoms with Gasteiger partial charge in [0.05, 0.1) is 0 Å². The Hall–Kier alpha value is -0.870.